The van der Waals surface area contributed by atoms with Crippen molar-refractivity contribution in [1.29, 1.82) is 0 Å². The predicted molar refractivity (Wildman–Crippen MR) is 74.0 cm³/mol. The van der Waals surface area contributed by atoms with Crippen LogP contribution in [0, 0.1) is 5.82 Å². The summed E-state index contributed by atoms with van der Waals surface area (Å²) in [5, 5.41) is 7.41. The zero-order valence-electron chi connectivity index (χ0n) is 10.6. The molecule has 0 unspecified atom stereocenters. The normalized spacial score (nSPS) is 10.8. The standard InChI is InChI=1S/C12H12FN7/c1-20(8-4-2-3-7(13)5-8)11-9-6-15-19-10(9)16-12(17-11)18-14/h2-6H,14H2,1H3,(H2,15,16,17,18,19). The van der Waals surface area contributed by atoms with Crippen LogP contribution in [0.25, 0.3) is 11.0 Å². The summed E-state index contributed by atoms with van der Waals surface area (Å²) in [5.74, 6) is 5.86. The third-order valence-corrected chi connectivity index (χ3v) is 2.93. The zero-order chi connectivity index (χ0) is 14.1. The Morgan fingerprint density at radius 3 is 2.95 bits per heavy atom. The first-order valence-corrected chi connectivity index (χ1v) is 5.86. The molecule has 0 bridgehead atoms. The fourth-order valence-electron chi connectivity index (χ4n) is 1.95. The smallest absolute Gasteiger partial charge is 0.241 e. The van der Waals surface area contributed by atoms with Crippen molar-refractivity contribution in [2.24, 2.45) is 5.84 Å². The number of aromatic nitrogens is 4. The summed E-state index contributed by atoms with van der Waals surface area (Å²) < 4.78 is 13.3. The van der Waals surface area contributed by atoms with Gasteiger partial charge >= 0.3 is 0 Å². The summed E-state index contributed by atoms with van der Waals surface area (Å²) in [6.45, 7) is 0. The van der Waals surface area contributed by atoms with Crippen LogP contribution in [0.1, 0.15) is 0 Å². The Kier molecular flexibility index (Phi) is 2.92. The van der Waals surface area contributed by atoms with Gasteiger partial charge in [0.2, 0.25) is 5.95 Å². The number of nitrogens with two attached hydrogens (primary N) is 1. The maximum atomic E-state index is 13.3. The third-order valence-electron chi connectivity index (χ3n) is 2.93. The Morgan fingerprint density at radius 2 is 2.20 bits per heavy atom. The van der Waals surface area contributed by atoms with Crippen molar-refractivity contribution in [3.63, 3.8) is 0 Å². The van der Waals surface area contributed by atoms with Gasteiger partial charge in [-0.05, 0) is 18.2 Å². The molecule has 1 aromatic carbocycles. The molecule has 0 atom stereocenters. The number of H-pyrrole nitrogens is 1. The molecule has 0 amide bonds. The van der Waals surface area contributed by atoms with Crippen molar-refractivity contribution in [3.05, 3.63) is 36.3 Å². The van der Waals surface area contributed by atoms with Crippen LogP contribution in [-0.2, 0) is 0 Å². The van der Waals surface area contributed by atoms with Crippen LogP contribution < -0.4 is 16.2 Å². The van der Waals surface area contributed by atoms with Gasteiger partial charge in [0.05, 0.1) is 11.6 Å². The number of nitrogens with zero attached hydrogens (tertiary/aromatic N) is 4. The number of hydrogen-bond acceptors (Lipinski definition) is 6. The van der Waals surface area contributed by atoms with E-state index in [1.807, 2.05) is 0 Å². The second-order valence-corrected chi connectivity index (χ2v) is 4.19. The number of anilines is 3. The van der Waals surface area contributed by atoms with Crippen LogP contribution in [-0.4, -0.2) is 27.2 Å². The molecule has 0 fully saturated rings. The molecule has 3 aromatic rings. The molecule has 0 spiro atoms. The highest BCUT2D eigenvalue weighted by atomic mass is 19.1. The molecule has 2 aromatic heterocycles. The summed E-state index contributed by atoms with van der Waals surface area (Å²) >= 11 is 0. The lowest BCUT2D eigenvalue weighted by Gasteiger charge is -2.19. The van der Waals surface area contributed by atoms with Crippen molar-refractivity contribution < 1.29 is 4.39 Å². The Bertz CT molecular complexity index is 754. The van der Waals surface area contributed by atoms with Gasteiger partial charge in [-0.1, -0.05) is 6.07 Å². The highest BCUT2D eigenvalue weighted by Gasteiger charge is 2.14. The number of benzene rings is 1. The number of nitrogen functional groups attached to an aromatic ring is 1. The minimum Gasteiger partial charge on any atom is -0.329 e. The molecule has 2 heterocycles. The number of aromatic amines is 1. The molecule has 3 rings (SSSR count). The summed E-state index contributed by atoms with van der Waals surface area (Å²) in [6, 6.07) is 6.23. The van der Waals surface area contributed by atoms with E-state index in [2.05, 4.69) is 25.6 Å². The van der Waals surface area contributed by atoms with E-state index in [0.29, 0.717) is 17.2 Å². The van der Waals surface area contributed by atoms with E-state index in [1.165, 1.54) is 12.1 Å². The van der Waals surface area contributed by atoms with Gasteiger partial charge in [0.25, 0.3) is 0 Å². The van der Waals surface area contributed by atoms with Crippen molar-refractivity contribution in [1.82, 2.24) is 20.2 Å². The van der Waals surface area contributed by atoms with Crippen LogP contribution in [0.2, 0.25) is 0 Å². The van der Waals surface area contributed by atoms with Crippen LogP contribution in [0.3, 0.4) is 0 Å². The highest BCUT2D eigenvalue weighted by molar-refractivity contribution is 5.89. The highest BCUT2D eigenvalue weighted by Crippen LogP contribution is 2.28. The van der Waals surface area contributed by atoms with Crippen molar-refractivity contribution in [3.8, 4) is 0 Å². The predicted octanol–water partition coefficient (Wildman–Crippen LogP) is 1.55. The van der Waals surface area contributed by atoms with E-state index in [0.717, 1.165) is 5.39 Å². The first-order chi connectivity index (χ1) is 9.69. The Morgan fingerprint density at radius 1 is 1.35 bits per heavy atom. The molecule has 0 aliphatic rings. The number of hydrazine groups is 1. The van der Waals surface area contributed by atoms with Crippen LogP contribution >= 0.6 is 0 Å². The van der Waals surface area contributed by atoms with Crippen LogP contribution in [0.4, 0.5) is 21.8 Å². The second kappa shape index (κ2) is 4.74. The molecule has 20 heavy (non-hydrogen) atoms. The minimum absolute atomic E-state index is 0.250. The van der Waals surface area contributed by atoms with E-state index in [-0.39, 0.29) is 11.8 Å². The number of hydrogen-bond donors (Lipinski definition) is 3. The van der Waals surface area contributed by atoms with Crippen molar-refractivity contribution in [2.45, 2.75) is 0 Å². The Hall–Kier alpha value is -2.74. The van der Waals surface area contributed by atoms with Crippen LogP contribution in [0.15, 0.2) is 30.5 Å². The Labute approximate surface area is 113 Å². The van der Waals surface area contributed by atoms with Crippen molar-refractivity contribution in [2.75, 3.05) is 17.4 Å². The molecule has 0 saturated heterocycles. The van der Waals surface area contributed by atoms with Gasteiger partial charge in [-0.25, -0.2) is 10.2 Å². The van der Waals surface area contributed by atoms with Crippen molar-refractivity contribution >= 4 is 28.5 Å². The second-order valence-electron chi connectivity index (χ2n) is 4.19. The lowest BCUT2D eigenvalue weighted by Crippen LogP contribution is -2.16. The molecule has 4 N–H and O–H groups in total. The average molecular weight is 273 g/mol. The monoisotopic (exact) mass is 273 g/mol. The topological polar surface area (TPSA) is 95.8 Å². The van der Waals surface area contributed by atoms with E-state index in [9.17, 15) is 4.39 Å². The van der Waals surface area contributed by atoms with Gasteiger partial charge in [0.1, 0.15) is 11.6 Å². The van der Waals surface area contributed by atoms with E-state index >= 15 is 0 Å². The molecule has 0 saturated carbocycles. The third kappa shape index (κ3) is 2.01. The van der Waals surface area contributed by atoms with Gasteiger partial charge in [0, 0.05) is 12.7 Å². The Balaban J connectivity index is 2.15. The number of halogens is 1. The molecular formula is C12H12FN7. The van der Waals surface area contributed by atoms with Crippen LogP contribution in [0.5, 0.6) is 0 Å². The fourth-order valence-corrected chi connectivity index (χ4v) is 1.95. The lowest BCUT2D eigenvalue weighted by atomic mass is 10.2. The minimum atomic E-state index is -0.316. The fraction of sp³-hybridized carbons (Fsp3) is 0.0833. The molecule has 8 heteroatoms. The quantitative estimate of drug-likeness (QED) is 0.495. The summed E-state index contributed by atoms with van der Waals surface area (Å²) in [7, 11) is 1.78. The summed E-state index contributed by atoms with van der Waals surface area (Å²) in [5.41, 5.74) is 3.60. The molecule has 0 radical (unpaired) electrons. The summed E-state index contributed by atoms with van der Waals surface area (Å²) in [4.78, 5) is 10.2. The summed E-state index contributed by atoms with van der Waals surface area (Å²) in [6.07, 6.45) is 1.61. The molecular weight excluding hydrogens is 261 g/mol. The van der Waals surface area contributed by atoms with E-state index in [4.69, 9.17) is 5.84 Å². The van der Waals surface area contributed by atoms with Gasteiger partial charge < -0.3 is 4.90 Å². The van der Waals surface area contributed by atoms with E-state index < -0.39 is 0 Å². The number of fused-ring (bicyclic) bond motifs is 1. The molecule has 7 nitrogen and oxygen atoms in total. The van der Waals surface area contributed by atoms with Gasteiger partial charge in [-0.15, -0.1) is 0 Å². The number of nitrogens with one attached hydrogen (secondary N) is 2. The zero-order valence-corrected chi connectivity index (χ0v) is 10.6. The largest absolute Gasteiger partial charge is 0.329 e. The molecule has 0 aliphatic heterocycles. The number of rotatable bonds is 3. The van der Waals surface area contributed by atoms with E-state index in [1.54, 1.807) is 30.3 Å². The maximum Gasteiger partial charge on any atom is 0.241 e. The lowest BCUT2D eigenvalue weighted by molar-refractivity contribution is 0.628. The first-order valence-electron chi connectivity index (χ1n) is 5.86. The average Bonchev–Trinajstić information content (AvgIpc) is 2.93. The molecule has 0 aliphatic carbocycles. The SMILES string of the molecule is CN(c1cccc(F)c1)c1nc(NN)nc2[nH]ncc12. The maximum absolute atomic E-state index is 13.3. The molecule has 102 valence electrons. The first kappa shape index (κ1) is 12.3. The van der Waals surface area contributed by atoms with Gasteiger partial charge in [0.15, 0.2) is 5.65 Å². The van der Waals surface area contributed by atoms with Gasteiger partial charge in [-0.2, -0.15) is 15.1 Å². The van der Waals surface area contributed by atoms with Gasteiger partial charge in [-0.3, -0.25) is 10.5 Å².